The van der Waals surface area contributed by atoms with Gasteiger partial charge in [-0.2, -0.15) is 4.98 Å². The Morgan fingerprint density at radius 1 is 1.40 bits per heavy atom. The first kappa shape index (κ1) is 16.6. The summed E-state index contributed by atoms with van der Waals surface area (Å²) >= 11 is 3.37. The van der Waals surface area contributed by atoms with Gasteiger partial charge in [-0.3, -0.25) is 4.79 Å². The minimum atomic E-state index is -0.0216. The van der Waals surface area contributed by atoms with Crippen LogP contribution < -0.4 is 16.0 Å². The van der Waals surface area contributed by atoms with Crippen LogP contribution in [0.15, 0.2) is 10.7 Å². The first-order valence-corrected chi connectivity index (χ1v) is 7.22. The molecule has 1 aromatic rings. The number of nitrogens with one attached hydrogen (secondary N) is 3. The molecular formula is C12H20BrN5O2. The van der Waals surface area contributed by atoms with Crippen LogP contribution in [-0.4, -0.2) is 49.2 Å². The van der Waals surface area contributed by atoms with E-state index in [0.717, 1.165) is 11.0 Å². The third kappa shape index (κ3) is 6.16. The molecule has 1 rings (SSSR count). The average molecular weight is 346 g/mol. The SMILES string of the molecule is CCNc1ncc(Br)c(NCCC(=O)NCCOC)n1. The standard InChI is InChI=1S/C12H20BrN5O2/c1-3-14-12-17-8-9(13)11(18-12)16-5-4-10(19)15-6-7-20-2/h8H,3-7H2,1-2H3,(H,15,19)(H2,14,16,17,18). The summed E-state index contributed by atoms with van der Waals surface area (Å²) in [6.07, 6.45) is 2.04. The van der Waals surface area contributed by atoms with Crippen LogP contribution in [0.3, 0.4) is 0 Å². The van der Waals surface area contributed by atoms with Crippen LogP contribution in [0.4, 0.5) is 11.8 Å². The number of amides is 1. The molecule has 0 aliphatic rings. The van der Waals surface area contributed by atoms with E-state index in [-0.39, 0.29) is 5.91 Å². The number of anilines is 2. The number of aromatic nitrogens is 2. The predicted octanol–water partition coefficient (Wildman–Crippen LogP) is 1.24. The highest BCUT2D eigenvalue weighted by atomic mass is 79.9. The van der Waals surface area contributed by atoms with Crippen molar-refractivity contribution in [3.8, 4) is 0 Å². The highest BCUT2D eigenvalue weighted by molar-refractivity contribution is 9.10. The molecule has 0 atom stereocenters. The topological polar surface area (TPSA) is 88.2 Å². The number of nitrogens with zero attached hydrogens (tertiary/aromatic N) is 2. The molecule has 0 spiro atoms. The van der Waals surface area contributed by atoms with Crippen molar-refractivity contribution in [1.82, 2.24) is 15.3 Å². The maximum atomic E-state index is 11.5. The van der Waals surface area contributed by atoms with Crippen LogP contribution in [0.5, 0.6) is 0 Å². The van der Waals surface area contributed by atoms with Gasteiger partial charge in [-0.05, 0) is 22.9 Å². The number of halogens is 1. The Morgan fingerprint density at radius 2 is 2.20 bits per heavy atom. The smallest absolute Gasteiger partial charge is 0.224 e. The number of hydrogen-bond donors (Lipinski definition) is 3. The van der Waals surface area contributed by atoms with Gasteiger partial charge in [0.15, 0.2) is 0 Å². The summed E-state index contributed by atoms with van der Waals surface area (Å²) in [6.45, 7) is 4.27. The van der Waals surface area contributed by atoms with Gasteiger partial charge in [0.05, 0.1) is 11.1 Å². The molecule has 0 aliphatic carbocycles. The molecular weight excluding hydrogens is 326 g/mol. The van der Waals surface area contributed by atoms with Gasteiger partial charge in [-0.1, -0.05) is 0 Å². The Morgan fingerprint density at radius 3 is 2.90 bits per heavy atom. The molecule has 0 radical (unpaired) electrons. The molecule has 1 amide bonds. The molecule has 8 heteroatoms. The highest BCUT2D eigenvalue weighted by Gasteiger charge is 2.05. The van der Waals surface area contributed by atoms with Gasteiger partial charge < -0.3 is 20.7 Å². The predicted molar refractivity (Wildman–Crippen MR) is 81.9 cm³/mol. The number of carbonyl (C=O) groups is 1. The van der Waals surface area contributed by atoms with Gasteiger partial charge in [-0.15, -0.1) is 0 Å². The molecule has 112 valence electrons. The number of rotatable bonds is 9. The lowest BCUT2D eigenvalue weighted by atomic mass is 10.4. The van der Waals surface area contributed by atoms with E-state index in [2.05, 4.69) is 41.8 Å². The van der Waals surface area contributed by atoms with Gasteiger partial charge in [0.1, 0.15) is 5.82 Å². The third-order valence-electron chi connectivity index (χ3n) is 2.35. The van der Waals surface area contributed by atoms with Gasteiger partial charge in [0.25, 0.3) is 0 Å². The van der Waals surface area contributed by atoms with E-state index >= 15 is 0 Å². The largest absolute Gasteiger partial charge is 0.383 e. The van der Waals surface area contributed by atoms with E-state index in [1.807, 2.05) is 6.92 Å². The van der Waals surface area contributed by atoms with E-state index in [4.69, 9.17) is 4.74 Å². The quantitative estimate of drug-likeness (QED) is 0.583. The number of hydrogen-bond acceptors (Lipinski definition) is 6. The second-order valence-electron chi connectivity index (χ2n) is 3.94. The molecule has 0 saturated carbocycles. The maximum absolute atomic E-state index is 11.5. The molecule has 7 nitrogen and oxygen atoms in total. The summed E-state index contributed by atoms with van der Waals surface area (Å²) in [7, 11) is 1.60. The summed E-state index contributed by atoms with van der Waals surface area (Å²) in [5.41, 5.74) is 0. The Kier molecular flexibility index (Phi) is 7.89. The fourth-order valence-electron chi connectivity index (χ4n) is 1.41. The third-order valence-corrected chi connectivity index (χ3v) is 2.93. The van der Waals surface area contributed by atoms with E-state index in [1.165, 1.54) is 0 Å². The van der Waals surface area contributed by atoms with Crippen LogP contribution in [0.25, 0.3) is 0 Å². The zero-order chi connectivity index (χ0) is 14.8. The van der Waals surface area contributed by atoms with Crippen molar-refractivity contribution in [3.05, 3.63) is 10.7 Å². The van der Waals surface area contributed by atoms with Crippen molar-refractivity contribution < 1.29 is 9.53 Å². The maximum Gasteiger partial charge on any atom is 0.224 e. The molecule has 3 N–H and O–H groups in total. The Hall–Kier alpha value is -1.41. The lowest BCUT2D eigenvalue weighted by Crippen LogP contribution is -2.28. The second-order valence-corrected chi connectivity index (χ2v) is 4.79. The molecule has 1 aromatic heterocycles. The number of carbonyl (C=O) groups excluding carboxylic acids is 1. The zero-order valence-electron chi connectivity index (χ0n) is 11.7. The summed E-state index contributed by atoms with van der Waals surface area (Å²) in [5, 5.41) is 8.89. The van der Waals surface area contributed by atoms with Crippen LogP contribution >= 0.6 is 15.9 Å². The van der Waals surface area contributed by atoms with Crippen LogP contribution in [-0.2, 0) is 9.53 Å². The number of ether oxygens (including phenoxy) is 1. The molecule has 0 saturated heterocycles. The van der Waals surface area contributed by atoms with E-state index in [0.29, 0.717) is 37.9 Å². The number of methoxy groups -OCH3 is 1. The molecule has 0 unspecified atom stereocenters. The minimum Gasteiger partial charge on any atom is -0.383 e. The average Bonchev–Trinajstić information content (AvgIpc) is 2.43. The normalized spacial score (nSPS) is 10.2. The van der Waals surface area contributed by atoms with Gasteiger partial charge in [-0.25, -0.2) is 4.98 Å². The van der Waals surface area contributed by atoms with Gasteiger partial charge in [0.2, 0.25) is 11.9 Å². The summed E-state index contributed by atoms with van der Waals surface area (Å²) in [4.78, 5) is 19.9. The monoisotopic (exact) mass is 345 g/mol. The van der Waals surface area contributed by atoms with E-state index in [1.54, 1.807) is 13.3 Å². The summed E-state index contributed by atoms with van der Waals surface area (Å²) < 4.78 is 5.62. The van der Waals surface area contributed by atoms with Crippen molar-refractivity contribution in [1.29, 1.82) is 0 Å². The highest BCUT2D eigenvalue weighted by Crippen LogP contribution is 2.19. The molecule has 1 heterocycles. The fraction of sp³-hybridized carbons (Fsp3) is 0.583. The Labute approximate surface area is 127 Å². The first-order valence-electron chi connectivity index (χ1n) is 6.43. The molecule has 20 heavy (non-hydrogen) atoms. The second kappa shape index (κ2) is 9.49. The van der Waals surface area contributed by atoms with Gasteiger partial charge in [0, 0.05) is 39.4 Å². The summed E-state index contributed by atoms with van der Waals surface area (Å²) in [5.74, 6) is 1.20. The lowest BCUT2D eigenvalue weighted by molar-refractivity contribution is -0.121. The lowest BCUT2D eigenvalue weighted by Gasteiger charge is -2.09. The van der Waals surface area contributed by atoms with E-state index in [9.17, 15) is 4.79 Å². The van der Waals surface area contributed by atoms with Crippen molar-refractivity contribution in [2.24, 2.45) is 0 Å². The van der Waals surface area contributed by atoms with E-state index < -0.39 is 0 Å². The molecule has 0 bridgehead atoms. The van der Waals surface area contributed by atoms with Crippen molar-refractivity contribution in [2.45, 2.75) is 13.3 Å². The fourth-order valence-corrected chi connectivity index (χ4v) is 1.74. The first-order chi connectivity index (χ1) is 9.67. The van der Waals surface area contributed by atoms with Crippen LogP contribution in [0.2, 0.25) is 0 Å². The van der Waals surface area contributed by atoms with Crippen molar-refractivity contribution in [3.63, 3.8) is 0 Å². The zero-order valence-corrected chi connectivity index (χ0v) is 13.3. The van der Waals surface area contributed by atoms with Gasteiger partial charge >= 0.3 is 0 Å². The van der Waals surface area contributed by atoms with Crippen molar-refractivity contribution >= 4 is 33.6 Å². The Bertz CT molecular complexity index is 430. The molecule has 0 aliphatic heterocycles. The summed E-state index contributed by atoms with van der Waals surface area (Å²) in [6, 6.07) is 0. The van der Waals surface area contributed by atoms with Crippen molar-refractivity contribution in [2.75, 3.05) is 44.0 Å². The molecule has 0 fully saturated rings. The minimum absolute atomic E-state index is 0.0216. The molecule has 0 aromatic carbocycles. The van der Waals surface area contributed by atoms with Crippen LogP contribution in [0, 0.1) is 0 Å². The van der Waals surface area contributed by atoms with Crippen LogP contribution in [0.1, 0.15) is 13.3 Å². The Balaban J connectivity index is 2.37.